The first kappa shape index (κ1) is 10.6. The molecule has 1 heterocycles. The van der Waals surface area contributed by atoms with E-state index >= 15 is 0 Å². The number of ether oxygens (including phenoxy) is 1. The third-order valence-electron chi connectivity index (χ3n) is 2.94. The second kappa shape index (κ2) is 4.33. The fraction of sp³-hybridized carbons (Fsp3) is 0.727. The molecular weight excluding hydrogens is 192 g/mol. The number of rotatable bonds is 5. The van der Waals surface area contributed by atoms with Gasteiger partial charge in [0.1, 0.15) is 0 Å². The summed E-state index contributed by atoms with van der Waals surface area (Å²) in [6, 6.07) is 0. The van der Waals surface area contributed by atoms with Gasteiger partial charge in [-0.25, -0.2) is 0 Å². The van der Waals surface area contributed by atoms with E-state index in [1.807, 2.05) is 13.2 Å². The molecule has 0 spiro atoms. The topological polar surface area (TPSA) is 47.3 Å². The minimum absolute atomic E-state index is 0.00907. The van der Waals surface area contributed by atoms with Gasteiger partial charge in [0.25, 0.3) is 0 Å². The van der Waals surface area contributed by atoms with Crippen LogP contribution in [0.3, 0.4) is 0 Å². The van der Waals surface area contributed by atoms with Crippen LogP contribution in [0.1, 0.15) is 18.4 Å². The maximum atomic E-state index is 10.0. The third-order valence-corrected chi connectivity index (χ3v) is 2.94. The summed E-state index contributed by atoms with van der Waals surface area (Å²) in [6.07, 6.45) is 6.30. The summed E-state index contributed by atoms with van der Waals surface area (Å²) in [5, 5.41) is 14.1. The molecule has 1 N–H and O–H groups in total. The molecule has 2 rings (SSSR count). The molecule has 2 unspecified atom stereocenters. The van der Waals surface area contributed by atoms with E-state index < -0.39 is 6.10 Å². The molecule has 2 atom stereocenters. The third kappa shape index (κ3) is 2.58. The van der Waals surface area contributed by atoms with Crippen LogP contribution in [0.4, 0.5) is 0 Å². The Morgan fingerprint density at radius 3 is 2.87 bits per heavy atom. The Labute approximate surface area is 89.9 Å². The van der Waals surface area contributed by atoms with Gasteiger partial charge in [-0.05, 0) is 24.3 Å². The van der Waals surface area contributed by atoms with Gasteiger partial charge in [0.05, 0.1) is 18.4 Å². The van der Waals surface area contributed by atoms with E-state index in [9.17, 15) is 5.11 Å². The summed E-state index contributed by atoms with van der Waals surface area (Å²) < 4.78 is 7.09. The fourth-order valence-electron chi connectivity index (χ4n) is 2.02. The Morgan fingerprint density at radius 1 is 1.67 bits per heavy atom. The summed E-state index contributed by atoms with van der Waals surface area (Å²) >= 11 is 0. The number of nitrogens with zero attached hydrogens (tertiary/aromatic N) is 2. The quantitative estimate of drug-likeness (QED) is 0.780. The van der Waals surface area contributed by atoms with E-state index in [0.717, 1.165) is 5.56 Å². The molecule has 0 bridgehead atoms. The van der Waals surface area contributed by atoms with Gasteiger partial charge in [-0.2, -0.15) is 5.10 Å². The van der Waals surface area contributed by atoms with Crippen molar-refractivity contribution in [1.82, 2.24) is 9.78 Å². The monoisotopic (exact) mass is 210 g/mol. The molecule has 1 aromatic heterocycles. The molecule has 4 nitrogen and oxygen atoms in total. The van der Waals surface area contributed by atoms with E-state index in [-0.39, 0.29) is 6.10 Å². The van der Waals surface area contributed by atoms with Gasteiger partial charge in [0.15, 0.2) is 0 Å². The number of hydrogen-bond donors (Lipinski definition) is 1. The van der Waals surface area contributed by atoms with Crippen molar-refractivity contribution >= 4 is 0 Å². The van der Waals surface area contributed by atoms with Crippen molar-refractivity contribution in [2.45, 2.75) is 31.5 Å². The Kier molecular flexibility index (Phi) is 3.07. The number of methoxy groups -OCH3 is 1. The molecule has 15 heavy (non-hydrogen) atoms. The summed E-state index contributed by atoms with van der Waals surface area (Å²) in [5.41, 5.74) is 1.06. The number of hydrogen-bond acceptors (Lipinski definition) is 3. The predicted molar refractivity (Wildman–Crippen MR) is 56.4 cm³/mol. The van der Waals surface area contributed by atoms with Crippen molar-refractivity contribution in [2.75, 3.05) is 7.11 Å². The largest absolute Gasteiger partial charge is 0.390 e. The van der Waals surface area contributed by atoms with Crippen molar-refractivity contribution in [1.29, 1.82) is 0 Å². The van der Waals surface area contributed by atoms with Crippen molar-refractivity contribution in [2.24, 2.45) is 13.0 Å². The number of aliphatic hydroxyl groups is 1. The predicted octanol–water partition coefficient (Wildman–Crippen LogP) is 0.748. The molecule has 1 fully saturated rings. The molecule has 0 saturated heterocycles. The second-order valence-electron chi connectivity index (χ2n) is 4.33. The van der Waals surface area contributed by atoms with Crippen LogP contribution < -0.4 is 0 Å². The number of aryl methyl sites for hydroxylation is 1. The molecule has 4 heteroatoms. The molecule has 1 aliphatic carbocycles. The van der Waals surface area contributed by atoms with Crippen molar-refractivity contribution in [3.63, 3.8) is 0 Å². The zero-order chi connectivity index (χ0) is 10.8. The van der Waals surface area contributed by atoms with Crippen molar-refractivity contribution in [3.8, 4) is 0 Å². The highest BCUT2D eigenvalue weighted by molar-refractivity contribution is 5.06. The van der Waals surface area contributed by atoms with Gasteiger partial charge in [0.2, 0.25) is 0 Å². The number of aromatic nitrogens is 2. The summed E-state index contributed by atoms with van der Waals surface area (Å²) in [7, 11) is 3.56. The van der Waals surface area contributed by atoms with Crippen LogP contribution in [-0.2, 0) is 18.2 Å². The van der Waals surface area contributed by atoms with E-state index in [1.165, 1.54) is 12.8 Å². The molecule has 1 aliphatic rings. The zero-order valence-electron chi connectivity index (χ0n) is 9.26. The lowest BCUT2D eigenvalue weighted by atomic mass is 10.0. The van der Waals surface area contributed by atoms with Gasteiger partial charge >= 0.3 is 0 Å². The van der Waals surface area contributed by atoms with Crippen LogP contribution in [-0.4, -0.2) is 34.2 Å². The standard InChI is InChI=1S/C11H18N2O2/c1-13-7-8(6-12-13)5-10(14)11(15-2)9-3-4-9/h6-7,9-11,14H,3-5H2,1-2H3. The minimum Gasteiger partial charge on any atom is -0.390 e. The molecule has 84 valence electrons. The average molecular weight is 210 g/mol. The Hall–Kier alpha value is -0.870. The van der Waals surface area contributed by atoms with Crippen LogP contribution in [0.2, 0.25) is 0 Å². The smallest absolute Gasteiger partial charge is 0.0861 e. The lowest BCUT2D eigenvalue weighted by molar-refractivity contribution is -0.0237. The van der Waals surface area contributed by atoms with Crippen LogP contribution in [0, 0.1) is 5.92 Å². The van der Waals surface area contributed by atoms with Gasteiger partial charge in [-0.3, -0.25) is 4.68 Å². The van der Waals surface area contributed by atoms with Crippen LogP contribution in [0.25, 0.3) is 0 Å². The Morgan fingerprint density at radius 2 is 2.40 bits per heavy atom. The highest BCUT2D eigenvalue weighted by atomic mass is 16.5. The SMILES string of the molecule is COC(C(O)Cc1cnn(C)c1)C1CC1. The highest BCUT2D eigenvalue weighted by Crippen LogP contribution is 2.36. The molecular formula is C11H18N2O2. The maximum absolute atomic E-state index is 10.0. The summed E-state index contributed by atoms with van der Waals surface area (Å²) in [5.74, 6) is 0.557. The molecule has 0 radical (unpaired) electrons. The Bertz CT molecular complexity index is 320. The van der Waals surface area contributed by atoms with E-state index in [4.69, 9.17) is 4.74 Å². The Balaban J connectivity index is 1.92. The van der Waals surface area contributed by atoms with Crippen molar-refractivity contribution in [3.05, 3.63) is 18.0 Å². The minimum atomic E-state index is -0.410. The van der Waals surface area contributed by atoms with E-state index in [2.05, 4.69) is 5.10 Å². The number of aliphatic hydroxyl groups excluding tert-OH is 1. The zero-order valence-corrected chi connectivity index (χ0v) is 9.26. The summed E-state index contributed by atoms with van der Waals surface area (Å²) in [6.45, 7) is 0. The molecule has 1 saturated carbocycles. The first-order chi connectivity index (χ1) is 7.20. The fourth-order valence-corrected chi connectivity index (χ4v) is 2.02. The normalized spacial score (nSPS) is 20.2. The van der Waals surface area contributed by atoms with E-state index in [1.54, 1.807) is 18.0 Å². The molecule has 0 amide bonds. The van der Waals surface area contributed by atoms with Crippen LogP contribution in [0.15, 0.2) is 12.4 Å². The van der Waals surface area contributed by atoms with Crippen LogP contribution in [0.5, 0.6) is 0 Å². The first-order valence-electron chi connectivity index (χ1n) is 5.39. The molecule has 0 aliphatic heterocycles. The van der Waals surface area contributed by atoms with Gasteiger partial charge in [-0.15, -0.1) is 0 Å². The average Bonchev–Trinajstić information content (AvgIpc) is 2.93. The first-order valence-corrected chi connectivity index (χ1v) is 5.39. The summed E-state index contributed by atoms with van der Waals surface area (Å²) in [4.78, 5) is 0. The molecule has 0 aromatic carbocycles. The molecule has 1 aromatic rings. The van der Waals surface area contributed by atoms with Crippen LogP contribution >= 0.6 is 0 Å². The van der Waals surface area contributed by atoms with Gasteiger partial charge < -0.3 is 9.84 Å². The van der Waals surface area contributed by atoms with Gasteiger partial charge in [-0.1, -0.05) is 0 Å². The lowest BCUT2D eigenvalue weighted by Crippen LogP contribution is -2.31. The second-order valence-corrected chi connectivity index (χ2v) is 4.33. The lowest BCUT2D eigenvalue weighted by Gasteiger charge is -2.20. The van der Waals surface area contributed by atoms with Gasteiger partial charge in [0, 0.05) is 26.8 Å². The van der Waals surface area contributed by atoms with Crippen molar-refractivity contribution < 1.29 is 9.84 Å². The maximum Gasteiger partial charge on any atom is 0.0861 e. The van der Waals surface area contributed by atoms with E-state index in [0.29, 0.717) is 12.3 Å². The highest BCUT2D eigenvalue weighted by Gasteiger charge is 2.36.